The van der Waals surface area contributed by atoms with E-state index in [4.69, 9.17) is 9.47 Å². The molecule has 1 saturated heterocycles. The molecule has 0 radical (unpaired) electrons. The number of halogens is 1. The Morgan fingerprint density at radius 3 is 2.88 bits per heavy atom. The van der Waals surface area contributed by atoms with E-state index in [1.165, 1.54) is 0 Å². The lowest BCUT2D eigenvalue weighted by molar-refractivity contribution is -0.0406. The van der Waals surface area contributed by atoms with Crippen LogP contribution in [0.15, 0.2) is 11.1 Å². The molecule has 1 heterocycles. The SMILES string of the molecule is CC(C)(C)OC(=O)N1CCOC(CC=CBr)C1. The predicted octanol–water partition coefficient (Wildman–Crippen LogP) is 2.92. The fraction of sp³-hybridized carbons (Fsp3) is 0.750. The minimum atomic E-state index is -0.444. The predicted molar refractivity (Wildman–Crippen MR) is 70.2 cm³/mol. The molecule has 1 unspecified atom stereocenters. The fourth-order valence-corrected chi connectivity index (χ4v) is 1.77. The zero-order chi connectivity index (χ0) is 12.9. The molecule has 0 aromatic carbocycles. The number of carbonyl (C=O) groups is 1. The van der Waals surface area contributed by atoms with Crippen LogP contribution in [0, 0.1) is 0 Å². The van der Waals surface area contributed by atoms with Crippen LogP contribution >= 0.6 is 15.9 Å². The van der Waals surface area contributed by atoms with Crippen molar-refractivity contribution >= 4 is 22.0 Å². The molecule has 0 aromatic heterocycles. The van der Waals surface area contributed by atoms with Gasteiger partial charge in [0.1, 0.15) is 5.60 Å². The molecule has 0 saturated carbocycles. The molecule has 17 heavy (non-hydrogen) atoms. The lowest BCUT2D eigenvalue weighted by atomic mass is 10.2. The maximum atomic E-state index is 11.9. The molecule has 4 nitrogen and oxygen atoms in total. The van der Waals surface area contributed by atoms with Gasteiger partial charge in [0.15, 0.2) is 0 Å². The van der Waals surface area contributed by atoms with Crippen LogP contribution in [-0.4, -0.2) is 42.4 Å². The Morgan fingerprint density at radius 2 is 2.29 bits per heavy atom. The van der Waals surface area contributed by atoms with Gasteiger partial charge in [-0.1, -0.05) is 22.0 Å². The molecule has 1 amide bonds. The number of hydrogen-bond donors (Lipinski definition) is 0. The van der Waals surface area contributed by atoms with Gasteiger partial charge < -0.3 is 14.4 Å². The van der Waals surface area contributed by atoms with E-state index in [-0.39, 0.29) is 12.2 Å². The van der Waals surface area contributed by atoms with Crippen molar-refractivity contribution in [1.29, 1.82) is 0 Å². The highest BCUT2D eigenvalue weighted by Crippen LogP contribution is 2.14. The average Bonchev–Trinajstić information content (AvgIpc) is 2.24. The maximum Gasteiger partial charge on any atom is 0.410 e. The van der Waals surface area contributed by atoms with Gasteiger partial charge in [-0.15, -0.1) is 0 Å². The minimum Gasteiger partial charge on any atom is -0.444 e. The number of nitrogens with zero attached hydrogens (tertiary/aromatic N) is 1. The van der Waals surface area contributed by atoms with E-state index in [2.05, 4.69) is 15.9 Å². The number of amides is 1. The van der Waals surface area contributed by atoms with Gasteiger partial charge in [0.25, 0.3) is 0 Å². The molecule has 1 atom stereocenters. The Hall–Kier alpha value is -0.550. The van der Waals surface area contributed by atoms with E-state index >= 15 is 0 Å². The summed E-state index contributed by atoms with van der Waals surface area (Å²) in [5, 5.41) is 0. The van der Waals surface area contributed by atoms with E-state index < -0.39 is 5.60 Å². The molecule has 5 heteroatoms. The zero-order valence-electron chi connectivity index (χ0n) is 10.6. The molecule has 0 N–H and O–H groups in total. The van der Waals surface area contributed by atoms with Crippen molar-refractivity contribution in [2.24, 2.45) is 0 Å². The first-order chi connectivity index (χ1) is 7.92. The fourth-order valence-electron chi connectivity index (χ4n) is 1.56. The van der Waals surface area contributed by atoms with Crippen LogP contribution in [0.3, 0.4) is 0 Å². The van der Waals surface area contributed by atoms with Crippen molar-refractivity contribution in [3.63, 3.8) is 0 Å². The van der Waals surface area contributed by atoms with E-state index in [0.717, 1.165) is 6.42 Å². The summed E-state index contributed by atoms with van der Waals surface area (Å²) in [6.07, 6.45) is 2.58. The zero-order valence-corrected chi connectivity index (χ0v) is 12.2. The van der Waals surface area contributed by atoms with Crippen LogP contribution in [-0.2, 0) is 9.47 Å². The van der Waals surface area contributed by atoms with Crippen molar-refractivity contribution in [2.75, 3.05) is 19.7 Å². The van der Waals surface area contributed by atoms with Crippen molar-refractivity contribution in [3.8, 4) is 0 Å². The van der Waals surface area contributed by atoms with Gasteiger partial charge >= 0.3 is 6.09 Å². The smallest absolute Gasteiger partial charge is 0.410 e. The van der Waals surface area contributed by atoms with Crippen LogP contribution in [0.25, 0.3) is 0 Å². The highest BCUT2D eigenvalue weighted by Gasteiger charge is 2.27. The van der Waals surface area contributed by atoms with Crippen molar-refractivity contribution in [1.82, 2.24) is 4.90 Å². The Balaban J connectivity index is 2.46. The summed E-state index contributed by atoms with van der Waals surface area (Å²) < 4.78 is 10.9. The van der Waals surface area contributed by atoms with Gasteiger partial charge in [-0.25, -0.2) is 4.79 Å². The second-order valence-corrected chi connectivity index (χ2v) is 5.55. The summed E-state index contributed by atoms with van der Waals surface area (Å²) in [7, 11) is 0. The van der Waals surface area contributed by atoms with Gasteiger partial charge in [-0.05, 0) is 32.2 Å². The molecule has 0 bridgehead atoms. The van der Waals surface area contributed by atoms with Gasteiger partial charge in [-0.3, -0.25) is 0 Å². The summed E-state index contributed by atoms with van der Waals surface area (Å²) in [6.45, 7) is 7.37. The summed E-state index contributed by atoms with van der Waals surface area (Å²) in [5.41, 5.74) is -0.444. The number of rotatable bonds is 2. The van der Waals surface area contributed by atoms with Crippen molar-refractivity contribution in [3.05, 3.63) is 11.1 Å². The molecule has 98 valence electrons. The third kappa shape index (κ3) is 5.55. The third-order valence-electron chi connectivity index (χ3n) is 2.28. The summed E-state index contributed by atoms with van der Waals surface area (Å²) in [5.74, 6) is 0. The first-order valence-electron chi connectivity index (χ1n) is 5.77. The molecule has 1 fully saturated rings. The summed E-state index contributed by atoms with van der Waals surface area (Å²) in [6, 6.07) is 0. The van der Waals surface area contributed by atoms with Gasteiger partial charge in [0.2, 0.25) is 0 Å². The first kappa shape index (κ1) is 14.5. The minimum absolute atomic E-state index is 0.0602. The molecule has 0 spiro atoms. The van der Waals surface area contributed by atoms with Gasteiger partial charge in [0.05, 0.1) is 19.3 Å². The first-order valence-corrected chi connectivity index (χ1v) is 6.68. The number of morpholine rings is 1. The quantitative estimate of drug-likeness (QED) is 0.787. The van der Waals surface area contributed by atoms with Crippen molar-refractivity contribution < 1.29 is 14.3 Å². The highest BCUT2D eigenvalue weighted by molar-refractivity contribution is 9.11. The third-order valence-corrected chi connectivity index (χ3v) is 2.65. The molecule has 0 aromatic rings. The van der Waals surface area contributed by atoms with Crippen LogP contribution < -0.4 is 0 Å². The van der Waals surface area contributed by atoms with Gasteiger partial charge in [-0.2, -0.15) is 0 Å². The molecule has 1 rings (SSSR count). The van der Waals surface area contributed by atoms with E-state index in [0.29, 0.717) is 19.7 Å². The monoisotopic (exact) mass is 305 g/mol. The Labute approximate surface area is 111 Å². The second kappa shape index (κ2) is 6.40. The number of carbonyl (C=O) groups excluding carboxylic acids is 1. The Bertz CT molecular complexity index is 286. The standard InChI is InChI=1S/C12H20BrNO3/c1-12(2,3)17-11(15)14-7-8-16-10(9-14)5-4-6-13/h4,6,10H,5,7-9H2,1-3H3. The molecular formula is C12H20BrNO3. The number of ether oxygens (including phenoxy) is 2. The lowest BCUT2D eigenvalue weighted by Crippen LogP contribution is -2.47. The lowest BCUT2D eigenvalue weighted by Gasteiger charge is -2.33. The van der Waals surface area contributed by atoms with E-state index in [9.17, 15) is 4.79 Å². The molecule has 0 aliphatic carbocycles. The second-order valence-electron chi connectivity index (χ2n) is 5.02. The molecular weight excluding hydrogens is 286 g/mol. The summed E-state index contributed by atoms with van der Waals surface area (Å²) >= 11 is 3.22. The number of hydrogen-bond acceptors (Lipinski definition) is 3. The normalized spacial score (nSPS) is 21.9. The molecule has 1 aliphatic rings. The van der Waals surface area contributed by atoms with Gasteiger partial charge in [0, 0.05) is 6.54 Å². The Morgan fingerprint density at radius 1 is 1.59 bits per heavy atom. The molecule has 1 aliphatic heterocycles. The van der Waals surface area contributed by atoms with E-state index in [1.54, 1.807) is 4.90 Å². The maximum absolute atomic E-state index is 11.9. The Kier molecular flexibility index (Phi) is 5.46. The van der Waals surface area contributed by atoms with Crippen molar-refractivity contribution in [2.45, 2.75) is 38.9 Å². The topological polar surface area (TPSA) is 38.8 Å². The van der Waals surface area contributed by atoms with Crippen LogP contribution in [0.4, 0.5) is 4.79 Å². The highest BCUT2D eigenvalue weighted by atomic mass is 79.9. The van der Waals surface area contributed by atoms with Crippen LogP contribution in [0.2, 0.25) is 0 Å². The largest absolute Gasteiger partial charge is 0.444 e. The van der Waals surface area contributed by atoms with Crippen LogP contribution in [0.5, 0.6) is 0 Å². The van der Waals surface area contributed by atoms with E-state index in [1.807, 2.05) is 31.8 Å². The average molecular weight is 306 g/mol. The van der Waals surface area contributed by atoms with Crippen LogP contribution in [0.1, 0.15) is 27.2 Å². The summed E-state index contributed by atoms with van der Waals surface area (Å²) in [4.78, 5) is 15.4.